The van der Waals surface area contributed by atoms with Crippen molar-refractivity contribution in [2.75, 3.05) is 11.9 Å². The molecule has 0 unspecified atom stereocenters. The Bertz CT molecular complexity index is 966. The van der Waals surface area contributed by atoms with Crippen LogP contribution in [-0.2, 0) is 9.53 Å². The molecule has 7 heteroatoms. The van der Waals surface area contributed by atoms with Gasteiger partial charge in [-0.15, -0.1) is 0 Å². The van der Waals surface area contributed by atoms with E-state index in [4.69, 9.17) is 16.3 Å². The van der Waals surface area contributed by atoms with Crippen molar-refractivity contribution < 1.29 is 14.3 Å². The smallest absolute Gasteiger partial charge is 0.340 e. The van der Waals surface area contributed by atoms with Crippen LogP contribution in [0.4, 0.5) is 5.82 Å². The maximum Gasteiger partial charge on any atom is 0.340 e. The number of esters is 1. The Balaban J connectivity index is 1.66. The predicted molar refractivity (Wildman–Crippen MR) is 103 cm³/mol. The number of carbonyl (C=O) groups is 2. The number of halogens is 1. The second-order valence-corrected chi connectivity index (χ2v) is 6.38. The molecule has 0 fully saturated rings. The molecule has 0 saturated heterocycles. The summed E-state index contributed by atoms with van der Waals surface area (Å²) in [6.07, 6.45) is 1.42. The molecule has 3 aromatic rings. The Morgan fingerprint density at radius 3 is 2.56 bits per heavy atom. The van der Waals surface area contributed by atoms with Gasteiger partial charge in [-0.3, -0.25) is 4.79 Å². The summed E-state index contributed by atoms with van der Waals surface area (Å²) in [5, 5.41) is 3.01. The van der Waals surface area contributed by atoms with E-state index >= 15 is 0 Å². The molecule has 1 amide bonds. The predicted octanol–water partition coefficient (Wildman–Crippen LogP) is 3.94. The highest BCUT2D eigenvalue weighted by molar-refractivity contribution is 6.30. The first-order chi connectivity index (χ1) is 13.0. The molecule has 2 heterocycles. The molecule has 3 rings (SSSR count). The number of benzene rings is 1. The van der Waals surface area contributed by atoms with Crippen LogP contribution < -0.4 is 5.32 Å². The number of carbonyl (C=O) groups excluding carboxylic acids is 2. The van der Waals surface area contributed by atoms with E-state index in [1.165, 1.54) is 6.20 Å². The largest absolute Gasteiger partial charge is 0.452 e. The molecule has 138 valence electrons. The zero-order valence-corrected chi connectivity index (χ0v) is 15.7. The molecule has 0 bridgehead atoms. The number of aromatic nitrogens is 2. The van der Waals surface area contributed by atoms with E-state index in [0.29, 0.717) is 16.4 Å². The first kappa shape index (κ1) is 18.7. The van der Waals surface area contributed by atoms with Crippen molar-refractivity contribution in [3.05, 3.63) is 76.7 Å². The fraction of sp³-hybridized carbons (Fsp3) is 0.150. The number of nitrogens with zero attached hydrogens (tertiary/aromatic N) is 2. The molecule has 6 nitrogen and oxygen atoms in total. The quantitative estimate of drug-likeness (QED) is 0.677. The van der Waals surface area contributed by atoms with Crippen LogP contribution in [0.3, 0.4) is 0 Å². The summed E-state index contributed by atoms with van der Waals surface area (Å²) in [6.45, 7) is 3.35. The lowest BCUT2D eigenvalue weighted by Gasteiger charge is -2.10. The highest BCUT2D eigenvalue weighted by atomic mass is 35.5. The molecule has 0 atom stereocenters. The zero-order valence-electron chi connectivity index (χ0n) is 14.9. The third-order valence-corrected chi connectivity index (χ3v) is 4.22. The van der Waals surface area contributed by atoms with E-state index in [9.17, 15) is 9.59 Å². The number of aryl methyl sites for hydroxylation is 1. The van der Waals surface area contributed by atoms with Gasteiger partial charge >= 0.3 is 5.97 Å². The summed E-state index contributed by atoms with van der Waals surface area (Å²) in [4.78, 5) is 28.3. The van der Waals surface area contributed by atoms with Crippen LogP contribution in [0.25, 0.3) is 5.69 Å². The molecule has 0 spiro atoms. The maximum absolute atomic E-state index is 12.4. The second kappa shape index (κ2) is 8.05. The minimum absolute atomic E-state index is 0.336. The van der Waals surface area contributed by atoms with Crippen LogP contribution in [0.1, 0.15) is 21.7 Å². The van der Waals surface area contributed by atoms with Crippen LogP contribution in [-0.4, -0.2) is 28.0 Å². The number of hydrogen-bond acceptors (Lipinski definition) is 4. The molecule has 27 heavy (non-hydrogen) atoms. The van der Waals surface area contributed by atoms with Crippen molar-refractivity contribution in [2.24, 2.45) is 0 Å². The number of amides is 1. The van der Waals surface area contributed by atoms with Gasteiger partial charge < -0.3 is 14.6 Å². The fourth-order valence-corrected chi connectivity index (χ4v) is 2.89. The van der Waals surface area contributed by atoms with Gasteiger partial charge in [0.15, 0.2) is 6.61 Å². The van der Waals surface area contributed by atoms with Gasteiger partial charge in [-0.25, -0.2) is 9.78 Å². The number of ether oxygens (including phenoxy) is 1. The molecule has 2 aromatic heterocycles. The Morgan fingerprint density at radius 2 is 1.89 bits per heavy atom. The summed E-state index contributed by atoms with van der Waals surface area (Å²) in [6, 6.07) is 14.6. The Hall–Kier alpha value is -3.12. The molecule has 0 saturated carbocycles. The van der Waals surface area contributed by atoms with Crippen LogP contribution in [0.15, 0.2) is 54.7 Å². The molecular formula is C20H18ClN3O3. The van der Waals surface area contributed by atoms with Crippen molar-refractivity contribution in [3.63, 3.8) is 0 Å². The lowest BCUT2D eigenvalue weighted by molar-refractivity contribution is -0.119. The van der Waals surface area contributed by atoms with E-state index in [1.807, 2.05) is 48.7 Å². The summed E-state index contributed by atoms with van der Waals surface area (Å²) in [5.74, 6) is -0.692. The summed E-state index contributed by atoms with van der Waals surface area (Å²) in [5.41, 5.74) is 3.04. The molecule has 0 aliphatic rings. The Kier molecular flexibility index (Phi) is 5.57. The van der Waals surface area contributed by atoms with Gasteiger partial charge in [0.2, 0.25) is 0 Å². The number of para-hydroxylation sites is 1. The fourth-order valence-electron chi connectivity index (χ4n) is 2.78. The van der Waals surface area contributed by atoms with Crippen LogP contribution >= 0.6 is 11.6 Å². The summed E-state index contributed by atoms with van der Waals surface area (Å²) >= 11 is 5.75. The number of anilines is 1. The third-order valence-electron chi connectivity index (χ3n) is 3.99. The van der Waals surface area contributed by atoms with Crippen LogP contribution in [0.5, 0.6) is 0 Å². The second-order valence-electron chi connectivity index (χ2n) is 5.94. The van der Waals surface area contributed by atoms with Crippen LogP contribution in [0.2, 0.25) is 5.02 Å². The van der Waals surface area contributed by atoms with E-state index in [2.05, 4.69) is 10.3 Å². The molecule has 0 aliphatic carbocycles. The molecule has 0 radical (unpaired) electrons. The standard InChI is InChI=1S/C20H18ClN3O3/c1-13-10-17(14(2)24(13)16-6-4-3-5-7-16)20(26)27-12-19(25)23-18-9-8-15(21)11-22-18/h3-11H,12H2,1-2H3,(H,22,23,25). The average Bonchev–Trinajstić information content (AvgIpc) is 2.96. The topological polar surface area (TPSA) is 73.2 Å². The van der Waals surface area contributed by atoms with Crippen LogP contribution in [0, 0.1) is 13.8 Å². The molecule has 0 aliphatic heterocycles. The lowest BCUT2D eigenvalue weighted by atomic mass is 10.2. The SMILES string of the molecule is Cc1cc(C(=O)OCC(=O)Nc2ccc(Cl)cn2)c(C)n1-c1ccccc1. The zero-order chi connectivity index (χ0) is 19.4. The van der Waals surface area contributed by atoms with Crippen molar-refractivity contribution in [1.82, 2.24) is 9.55 Å². The number of pyridine rings is 1. The molecular weight excluding hydrogens is 366 g/mol. The van der Waals surface area contributed by atoms with Gasteiger partial charge in [0.05, 0.1) is 10.6 Å². The first-order valence-corrected chi connectivity index (χ1v) is 8.66. The first-order valence-electron chi connectivity index (χ1n) is 8.28. The highest BCUT2D eigenvalue weighted by Gasteiger charge is 2.19. The van der Waals surface area contributed by atoms with Crippen molar-refractivity contribution >= 4 is 29.3 Å². The molecule has 1 N–H and O–H groups in total. The van der Waals surface area contributed by atoms with Gasteiger partial charge in [-0.2, -0.15) is 0 Å². The monoisotopic (exact) mass is 383 g/mol. The number of nitrogens with one attached hydrogen (secondary N) is 1. The minimum Gasteiger partial charge on any atom is -0.452 e. The minimum atomic E-state index is -0.551. The Labute approximate surface area is 161 Å². The maximum atomic E-state index is 12.4. The van der Waals surface area contributed by atoms with Gasteiger partial charge in [0, 0.05) is 23.3 Å². The Morgan fingerprint density at radius 1 is 1.15 bits per heavy atom. The van der Waals surface area contributed by atoms with E-state index in [-0.39, 0.29) is 0 Å². The molecule has 1 aromatic carbocycles. The van der Waals surface area contributed by atoms with Crippen molar-refractivity contribution in [2.45, 2.75) is 13.8 Å². The third kappa shape index (κ3) is 4.35. The number of hydrogen-bond donors (Lipinski definition) is 1. The lowest BCUT2D eigenvalue weighted by Crippen LogP contribution is -2.21. The summed E-state index contributed by atoms with van der Waals surface area (Å²) in [7, 11) is 0. The van der Waals surface area contributed by atoms with Crippen molar-refractivity contribution in [3.8, 4) is 5.69 Å². The normalized spacial score (nSPS) is 10.5. The van der Waals surface area contributed by atoms with E-state index in [0.717, 1.165) is 17.1 Å². The van der Waals surface area contributed by atoms with Gasteiger partial charge in [-0.1, -0.05) is 29.8 Å². The highest BCUT2D eigenvalue weighted by Crippen LogP contribution is 2.21. The van der Waals surface area contributed by atoms with E-state index < -0.39 is 18.5 Å². The average molecular weight is 384 g/mol. The van der Waals surface area contributed by atoms with Gasteiger partial charge in [0.25, 0.3) is 5.91 Å². The van der Waals surface area contributed by atoms with Gasteiger partial charge in [-0.05, 0) is 44.2 Å². The summed E-state index contributed by atoms with van der Waals surface area (Å²) < 4.78 is 7.12. The van der Waals surface area contributed by atoms with Crippen molar-refractivity contribution in [1.29, 1.82) is 0 Å². The van der Waals surface area contributed by atoms with Gasteiger partial charge in [0.1, 0.15) is 5.82 Å². The number of rotatable bonds is 5. The van der Waals surface area contributed by atoms with E-state index in [1.54, 1.807) is 18.2 Å².